The van der Waals surface area contributed by atoms with Crippen molar-refractivity contribution in [2.24, 2.45) is 0 Å². The Morgan fingerprint density at radius 3 is 2.48 bits per heavy atom. The van der Waals surface area contributed by atoms with Gasteiger partial charge in [-0.25, -0.2) is 18.9 Å². The van der Waals surface area contributed by atoms with Gasteiger partial charge < -0.3 is 10.2 Å². The second-order valence-corrected chi connectivity index (χ2v) is 7.49. The Labute approximate surface area is 178 Å². The van der Waals surface area contributed by atoms with Crippen molar-refractivity contribution in [3.05, 3.63) is 76.0 Å². The summed E-state index contributed by atoms with van der Waals surface area (Å²) in [5.41, 5.74) is 2.29. The van der Waals surface area contributed by atoms with Gasteiger partial charge in [0.2, 0.25) is 0 Å². The van der Waals surface area contributed by atoms with Crippen LogP contribution in [0.15, 0.2) is 49.1 Å². The van der Waals surface area contributed by atoms with E-state index in [1.54, 1.807) is 29.9 Å². The van der Waals surface area contributed by atoms with Gasteiger partial charge in [-0.1, -0.05) is 35.3 Å². The number of aromatic nitrogens is 3. The van der Waals surface area contributed by atoms with Crippen molar-refractivity contribution in [3.63, 3.8) is 0 Å². The SMILES string of the molecule is CC(NC(=O)N(C)C(C)c1ccc(-n2cncn2)cc1)c1cc(F)c(Cl)cc1Cl. The Kier molecular flexibility index (Phi) is 6.39. The number of benzene rings is 2. The molecule has 1 aromatic heterocycles. The van der Waals surface area contributed by atoms with Crippen LogP contribution in [0.1, 0.15) is 37.1 Å². The maximum absolute atomic E-state index is 13.8. The highest BCUT2D eigenvalue weighted by molar-refractivity contribution is 6.35. The van der Waals surface area contributed by atoms with Gasteiger partial charge in [-0.2, -0.15) is 5.10 Å². The standard InChI is InChI=1S/C20H20Cl2FN5O/c1-12(16-8-19(23)18(22)9-17(16)21)26-20(29)27(3)13(2)14-4-6-15(7-5-14)28-11-24-10-25-28/h4-13H,1-3H3,(H,26,29). The lowest BCUT2D eigenvalue weighted by Gasteiger charge is -2.28. The molecule has 3 aromatic rings. The van der Waals surface area contributed by atoms with E-state index in [1.807, 2.05) is 31.2 Å². The molecule has 0 saturated heterocycles. The number of urea groups is 1. The van der Waals surface area contributed by atoms with Crippen LogP contribution >= 0.6 is 23.2 Å². The van der Waals surface area contributed by atoms with Gasteiger partial charge in [0.25, 0.3) is 0 Å². The lowest BCUT2D eigenvalue weighted by Crippen LogP contribution is -2.40. The Morgan fingerprint density at radius 1 is 1.17 bits per heavy atom. The van der Waals surface area contributed by atoms with E-state index in [-0.39, 0.29) is 17.1 Å². The fourth-order valence-corrected chi connectivity index (χ4v) is 3.43. The van der Waals surface area contributed by atoms with Crippen molar-refractivity contribution in [1.29, 1.82) is 0 Å². The van der Waals surface area contributed by atoms with Gasteiger partial charge in [-0.3, -0.25) is 0 Å². The summed E-state index contributed by atoms with van der Waals surface area (Å²) < 4.78 is 15.4. The summed E-state index contributed by atoms with van der Waals surface area (Å²) in [5, 5.41) is 7.17. The molecule has 0 fully saturated rings. The highest BCUT2D eigenvalue weighted by Crippen LogP contribution is 2.29. The minimum Gasteiger partial charge on any atom is -0.331 e. The molecule has 3 rings (SSSR count). The van der Waals surface area contributed by atoms with Crippen LogP contribution < -0.4 is 5.32 Å². The normalized spacial score (nSPS) is 13.0. The Bertz CT molecular complexity index is 995. The van der Waals surface area contributed by atoms with Gasteiger partial charge in [0.1, 0.15) is 18.5 Å². The molecule has 29 heavy (non-hydrogen) atoms. The van der Waals surface area contributed by atoms with Crippen LogP contribution in [-0.4, -0.2) is 32.7 Å². The minimum absolute atomic E-state index is 0.0580. The molecule has 0 aliphatic rings. The summed E-state index contributed by atoms with van der Waals surface area (Å²) >= 11 is 11.9. The first-order valence-corrected chi connectivity index (χ1v) is 9.66. The summed E-state index contributed by atoms with van der Waals surface area (Å²) in [4.78, 5) is 18.2. The number of amides is 2. The molecule has 2 atom stereocenters. The summed E-state index contributed by atoms with van der Waals surface area (Å²) in [7, 11) is 1.70. The van der Waals surface area contributed by atoms with Crippen molar-refractivity contribution in [1.82, 2.24) is 25.0 Å². The van der Waals surface area contributed by atoms with E-state index in [9.17, 15) is 9.18 Å². The predicted molar refractivity (Wildman–Crippen MR) is 111 cm³/mol. The van der Waals surface area contributed by atoms with Crippen LogP contribution in [0.5, 0.6) is 0 Å². The number of halogens is 3. The third kappa shape index (κ3) is 4.68. The largest absolute Gasteiger partial charge is 0.331 e. The number of rotatable bonds is 5. The Morgan fingerprint density at radius 2 is 1.86 bits per heavy atom. The lowest BCUT2D eigenvalue weighted by molar-refractivity contribution is 0.191. The van der Waals surface area contributed by atoms with Crippen molar-refractivity contribution < 1.29 is 9.18 Å². The van der Waals surface area contributed by atoms with Crippen LogP contribution in [0.25, 0.3) is 5.69 Å². The maximum Gasteiger partial charge on any atom is 0.318 e. The molecule has 0 saturated carbocycles. The molecule has 152 valence electrons. The molecule has 9 heteroatoms. The highest BCUT2D eigenvalue weighted by Gasteiger charge is 2.21. The molecule has 0 spiro atoms. The van der Waals surface area contributed by atoms with Crippen LogP contribution in [0.3, 0.4) is 0 Å². The van der Waals surface area contributed by atoms with Gasteiger partial charge in [0, 0.05) is 12.1 Å². The second-order valence-electron chi connectivity index (χ2n) is 6.68. The van der Waals surface area contributed by atoms with Crippen molar-refractivity contribution >= 4 is 29.2 Å². The molecule has 2 unspecified atom stereocenters. The number of carbonyl (C=O) groups is 1. The van der Waals surface area contributed by atoms with E-state index < -0.39 is 11.9 Å². The lowest BCUT2D eigenvalue weighted by atomic mass is 10.1. The summed E-state index contributed by atoms with van der Waals surface area (Å²) in [6.07, 6.45) is 3.08. The van der Waals surface area contributed by atoms with E-state index >= 15 is 0 Å². The van der Waals surface area contributed by atoms with Crippen LogP contribution in [-0.2, 0) is 0 Å². The summed E-state index contributed by atoms with van der Waals surface area (Å²) in [5.74, 6) is -0.582. The van der Waals surface area contributed by atoms with Gasteiger partial charge >= 0.3 is 6.03 Å². The first-order valence-electron chi connectivity index (χ1n) is 8.90. The average molecular weight is 436 g/mol. The molecule has 1 N–H and O–H groups in total. The van der Waals surface area contributed by atoms with Gasteiger partial charge in [0.15, 0.2) is 0 Å². The van der Waals surface area contributed by atoms with Crippen molar-refractivity contribution in [2.45, 2.75) is 25.9 Å². The fourth-order valence-electron chi connectivity index (χ4n) is 2.88. The molecule has 0 bridgehead atoms. The monoisotopic (exact) mass is 435 g/mol. The van der Waals surface area contributed by atoms with Crippen LogP contribution in [0, 0.1) is 5.82 Å². The summed E-state index contributed by atoms with van der Waals surface area (Å²) in [6, 6.07) is 9.26. The molecule has 1 heterocycles. The van der Waals surface area contributed by atoms with E-state index in [1.165, 1.54) is 18.5 Å². The van der Waals surface area contributed by atoms with Gasteiger partial charge in [-0.05, 0) is 49.2 Å². The molecule has 0 aliphatic heterocycles. The second kappa shape index (κ2) is 8.80. The maximum atomic E-state index is 13.8. The van der Waals surface area contributed by atoms with E-state index in [2.05, 4.69) is 15.4 Å². The third-order valence-corrected chi connectivity index (χ3v) is 5.42. The minimum atomic E-state index is -0.582. The Balaban J connectivity index is 1.68. The summed E-state index contributed by atoms with van der Waals surface area (Å²) in [6.45, 7) is 3.65. The molecule has 6 nitrogen and oxygen atoms in total. The van der Waals surface area contributed by atoms with E-state index in [0.29, 0.717) is 10.6 Å². The predicted octanol–water partition coefficient (Wildman–Crippen LogP) is 5.18. The molecule has 0 radical (unpaired) electrons. The zero-order chi connectivity index (χ0) is 21.1. The molecule has 0 aliphatic carbocycles. The topological polar surface area (TPSA) is 63.1 Å². The highest BCUT2D eigenvalue weighted by atomic mass is 35.5. The number of carbonyl (C=O) groups excluding carboxylic acids is 1. The zero-order valence-corrected chi connectivity index (χ0v) is 17.6. The smallest absolute Gasteiger partial charge is 0.318 e. The Hall–Kier alpha value is -2.64. The fraction of sp³-hybridized carbons (Fsp3) is 0.250. The molecular formula is C20H20Cl2FN5O. The quantitative estimate of drug-likeness (QED) is 0.561. The van der Waals surface area contributed by atoms with Gasteiger partial charge in [-0.15, -0.1) is 0 Å². The van der Waals surface area contributed by atoms with Crippen molar-refractivity contribution in [3.8, 4) is 5.69 Å². The number of hydrogen-bond acceptors (Lipinski definition) is 3. The van der Waals surface area contributed by atoms with Crippen molar-refractivity contribution in [2.75, 3.05) is 7.05 Å². The number of nitrogens with one attached hydrogen (secondary N) is 1. The van der Waals surface area contributed by atoms with E-state index in [4.69, 9.17) is 23.2 Å². The number of hydrogen-bond donors (Lipinski definition) is 1. The number of nitrogens with zero attached hydrogens (tertiary/aromatic N) is 4. The zero-order valence-electron chi connectivity index (χ0n) is 16.1. The first kappa shape index (κ1) is 21.1. The van der Waals surface area contributed by atoms with Gasteiger partial charge in [0.05, 0.1) is 22.8 Å². The molecule has 2 aromatic carbocycles. The van der Waals surface area contributed by atoms with E-state index in [0.717, 1.165) is 11.3 Å². The third-order valence-electron chi connectivity index (χ3n) is 4.81. The van der Waals surface area contributed by atoms with Crippen LogP contribution in [0.2, 0.25) is 10.0 Å². The molecule has 2 amide bonds. The molecular weight excluding hydrogens is 416 g/mol. The van der Waals surface area contributed by atoms with Crippen LogP contribution in [0.4, 0.5) is 9.18 Å². The average Bonchev–Trinajstić information content (AvgIpc) is 3.24. The first-order chi connectivity index (χ1) is 13.8.